The molecule has 0 saturated carbocycles. The van der Waals surface area contributed by atoms with Crippen LogP contribution >= 0.6 is 0 Å². The summed E-state index contributed by atoms with van der Waals surface area (Å²) in [6, 6.07) is 22.2. The third-order valence-corrected chi connectivity index (χ3v) is 12.1. The fourth-order valence-electron chi connectivity index (χ4n) is 6.10. The van der Waals surface area contributed by atoms with Crippen LogP contribution in [0.15, 0.2) is 141 Å². The summed E-state index contributed by atoms with van der Waals surface area (Å²) in [7, 11) is -15.9. The smallest absolute Gasteiger partial charge is 0.292 e. The third-order valence-electron chi connectivity index (χ3n) is 8.33. The number of carbonyl (C=O) groups is 2. The Hall–Kier alpha value is -5.19. The first-order chi connectivity index (χ1) is 24.0. The summed E-state index contributed by atoms with van der Waals surface area (Å²) in [6.45, 7) is 0. The van der Waals surface area contributed by atoms with Crippen LogP contribution in [0.3, 0.4) is 0 Å². The van der Waals surface area contributed by atoms with Crippen LogP contribution in [-0.2, 0) is 39.7 Å². The van der Waals surface area contributed by atoms with E-state index in [1.54, 1.807) is 0 Å². The summed E-state index contributed by atoms with van der Waals surface area (Å²) >= 11 is 0. The van der Waals surface area contributed by atoms with Gasteiger partial charge in [-0.05, 0) is 58.7 Å². The van der Waals surface area contributed by atoms with Crippen molar-refractivity contribution in [3.8, 4) is 0 Å². The molecule has 0 aromatic heterocycles. The van der Waals surface area contributed by atoms with E-state index < -0.39 is 95.9 Å². The van der Waals surface area contributed by atoms with Crippen LogP contribution in [0.1, 0.15) is 34.1 Å². The maximum absolute atomic E-state index is 14.7. The number of ketones is 2. The molecular formula is C36H24F2O10S3. The molecule has 0 fully saturated rings. The summed E-state index contributed by atoms with van der Waals surface area (Å²) in [4.78, 5) is 24.6. The highest BCUT2D eigenvalue weighted by Crippen LogP contribution is 2.47. The molecule has 0 bridgehead atoms. The van der Waals surface area contributed by atoms with E-state index in [2.05, 4.69) is 0 Å². The number of hydrogen-bond donors (Lipinski definition) is 2. The van der Waals surface area contributed by atoms with Gasteiger partial charge < -0.3 is 0 Å². The second-order valence-corrected chi connectivity index (χ2v) is 16.1. The number of sulfone groups is 1. The van der Waals surface area contributed by atoms with E-state index in [1.165, 1.54) is 60.7 Å². The van der Waals surface area contributed by atoms with Gasteiger partial charge in [-0.3, -0.25) is 18.7 Å². The van der Waals surface area contributed by atoms with Crippen LogP contribution < -0.4 is 0 Å². The van der Waals surface area contributed by atoms with E-state index in [1.807, 2.05) is 0 Å². The number of benzene rings is 4. The number of allylic oxidation sites excluding steroid dienone is 8. The lowest BCUT2D eigenvalue weighted by atomic mass is 9.85. The molecule has 2 unspecified atom stereocenters. The van der Waals surface area contributed by atoms with Gasteiger partial charge in [0.25, 0.3) is 20.2 Å². The molecule has 6 rings (SSSR count). The topological polar surface area (TPSA) is 177 Å². The lowest BCUT2D eigenvalue weighted by Crippen LogP contribution is -2.33. The van der Waals surface area contributed by atoms with Crippen molar-refractivity contribution in [2.24, 2.45) is 0 Å². The lowest BCUT2D eigenvalue weighted by Gasteiger charge is -2.29. The quantitative estimate of drug-likeness (QED) is 0.210. The normalized spacial score (nSPS) is 18.8. The molecule has 0 spiro atoms. The summed E-state index contributed by atoms with van der Waals surface area (Å²) in [5.74, 6) is -8.15. The molecular weight excluding hydrogens is 727 g/mol. The standard InChI is InChI=1S/C36H24F2O10S3/c37-25-15-11-21(12-16-25)27-19-29(33(39)31(35(27)50(43,44)45)23-7-3-1-4-8-23)49(41,42)30-20-28(22-13-17-26(38)18-14-22)36(51(46,47)48)32(34(30)40)24-9-5-2-6-10-24/h1-20,31-32H,(H,43,44,45)(H,46,47,48). The largest absolute Gasteiger partial charge is 0.292 e. The van der Waals surface area contributed by atoms with Crippen molar-refractivity contribution in [2.45, 2.75) is 11.8 Å². The fraction of sp³-hybridized carbons (Fsp3) is 0.0556. The Morgan fingerprint density at radius 2 is 0.784 bits per heavy atom. The molecule has 51 heavy (non-hydrogen) atoms. The highest BCUT2D eigenvalue weighted by Gasteiger charge is 2.49. The van der Waals surface area contributed by atoms with E-state index in [9.17, 15) is 52.7 Å². The minimum atomic E-state index is -5.35. The first kappa shape index (κ1) is 35.6. The van der Waals surface area contributed by atoms with Gasteiger partial charge in [0.2, 0.25) is 9.84 Å². The highest BCUT2D eigenvalue weighted by molar-refractivity contribution is 8.01. The molecule has 15 heteroatoms. The van der Waals surface area contributed by atoms with Gasteiger partial charge in [0.15, 0.2) is 11.6 Å². The Labute approximate surface area is 291 Å². The van der Waals surface area contributed by atoms with Crippen molar-refractivity contribution in [3.05, 3.63) is 175 Å². The summed E-state index contributed by atoms with van der Waals surface area (Å²) < 4.78 is 130. The minimum Gasteiger partial charge on any atom is -0.292 e. The second kappa shape index (κ2) is 13.2. The fourth-order valence-corrected chi connectivity index (χ4v) is 9.64. The first-order valence-electron chi connectivity index (χ1n) is 14.8. The van der Waals surface area contributed by atoms with Gasteiger partial charge >= 0.3 is 0 Å². The van der Waals surface area contributed by atoms with Crippen molar-refractivity contribution in [1.82, 2.24) is 0 Å². The molecule has 4 aromatic rings. The van der Waals surface area contributed by atoms with Crippen LogP contribution in [0.25, 0.3) is 11.1 Å². The highest BCUT2D eigenvalue weighted by atomic mass is 32.2. The summed E-state index contributed by atoms with van der Waals surface area (Å²) in [5, 5.41) is 0. The zero-order chi connectivity index (χ0) is 36.9. The van der Waals surface area contributed by atoms with E-state index in [4.69, 9.17) is 0 Å². The zero-order valence-corrected chi connectivity index (χ0v) is 28.3. The SMILES string of the molecule is O=C1C(S(=O)(=O)C2=CC(c3ccc(F)cc3)=C(S(=O)(=O)O)C(c3ccccc3)C2=O)=CC(c2ccc(F)cc2)=C(S(=O)(=O)O)C1c1ccccc1. The van der Waals surface area contributed by atoms with Gasteiger partial charge in [-0.1, -0.05) is 84.9 Å². The molecule has 2 aliphatic carbocycles. The maximum Gasteiger partial charge on any atom is 0.292 e. The molecule has 2 N–H and O–H groups in total. The first-order valence-corrected chi connectivity index (χ1v) is 19.2. The molecule has 4 aromatic carbocycles. The van der Waals surface area contributed by atoms with Crippen molar-refractivity contribution < 1.29 is 52.7 Å². The van der Waals surface area contributed by atoms with Crippen molar-refractivity contribution in [3.63, 3.8) is 0 Å². The number of rotatable bonds is 8. The number of carbonyl (C=O) groups excluding carboxylic acids is 2. The second-order valence-electron chi connectivity index (χ2n) is 11.5. The predicted octanol–water partition coefficient (Wildman–Crippen LogP) is 5.78. The van der Waals surface area contributed by atoms with Gasteiger partial charge in [0.1, 0.15) is 21.4 Å². The van der Waals surface area contributed by atoms with E-state index in [0.717, 1.165) is 48.5 Å². The van der Waals surface area contributed by atoms with E-state index in [-0.39, 0.29) is 22.3 Å². The van der Waals surface area contributed by atoms with Crippen LogP contribution in [0.4, 0.5) is 8.78 Å². The molecule has 0 aliphatic heterocycles. The van der Waals surface area contributed by atoms with E-state index in [0.29, 0.717) is 12.2 Å². The number of Topliss-reactive ketones (excluding diaryl/α,β-unsaturated/α-hetero) is 2. The minimum absolute atomic E-state index is 0.0535. The van der Waals surface area contributed by atoms with Crippen LogP contribution in [0.5, 0.6) is 0 Å². The third kappa shape index (κ3) is 6.69. The van der Waals surface area contributed by atoms with Crippen LogP contribution in [0, 0.1) is 11.6 Å². The number of halogens is 2. The summed E-state index contributed by atoms with van der Waals surface area (Å²) in [6.07, 6.45) is 1.30. The van der Waals surface area contributed by atoms with Crippen LogP contribution in [-0.4, -0.2) is 45.9 Å². The van der Waals surface area contributed by atoms with Crippen molar-refractivity contribution in [1.29, 1.82) is 0 Å². The Balaban J connectivity index is 1.69. The van der Waals surface area contributed by atoms with Gasteiger partial charge in [-0.25, -0.2) is 17.2 Å². The Kier molecular flexibility index (Phi) is 9.20. The molecule has 0 heterocycles. The molecule has 10 nitrogen and oxygen atoms in total. The van der Waals surface area contributed by atoms with E-state index >= 15 is 0 Å². The average molecular weight is 751 g/mol. The zero-order valence-electron chi connectivity index (χ0n) is 25.8. The Morgan fingerprint density at radius 1 is 0.471 bits per heavy atom. The van der Waals surface area contributed by atoms with Crippen LogP contribution in [0.2, 0.25) is 0 Å². The maximum atomic E-state index is 14.7. The molecule has 2 aliphatic rings. The Bertz CT molecular complexity index is 2380. The molecule has 2 atom stereocenters. The average Bonchev–Trinajstić information content (AvgIpc) is 3.08. The van der Waals surface area contributed by atoms with Gasteiger partial charge in [-0.2, -0.15) is 16.8 Å². The molecule has 0 radical (unpaired) electrons. The molecule has 260 valence electrons. The number of hydrogen-bond acceptors (Lipinski definition) is 8. The molecule has 0 amide bonds. The van der Waals surface area contributed by atoms with Gasteiger partial charge in [0.05, 0.1) is 21.6 Å². The van der Waals surface area contributed by atoms with Crippen molar-refractivity contribution in [2.75, 3.05) is 0 Å². The lowest BCUT2D eigenvalue weighted by molar-refractivity contribution is -0.116. The monoisotopic (exact) mass is 750 g/mol. The molecule has 0 saturated heterocycles. The van der Waals surface area contributed by atoms with Gasteiger partial charge in [-0.15, -0.1) is 0 Å². The van der Waals surface area contributed by atoms with Gasteiger partial charge in [0, 0.05) is 11.1 Å². The Morgan fingerprint density at radius 3 is 1.08 bits per heavy atom. The predicted molar refractivity (Wildman–Crippen MR) is 183 cm³/mol. The van der Waals surface area contributed by atoms with Crippen molar-refractivity contribution >= 4 is 52.8 Å². The summed E-state index contributed by atoms with van der Waals surface area (Å²) in [5.41, 5.74) is -1.33.